The Labute approximate surface area is 139 Å². The summed E-state index contributed by atoms with van der Waals surface area (Å²) >= 11 is 1.32. The van der Waals surface area contributed by atoms with Crippen LogP contribution >= 0.6 is 11.8 Å². The van der Waals surface area contributed by atoms with Crippen LogP contribution in [0.4, 0.5) is 5.69 Å². The second-order valence-electron chi connectivity index (χ2n) is 6.25. The third-order valence-corrected chi connectivity index (χ3v) is 4.21. The van der Waals surface area contributed by atoms with Gasteiger partial charge in [-0.1, -0.05) is 12.1 Å². The molecule has 23 heavy (non-hydrogen) atoms. The van der Waals surface area contributed by atoms with Crippen molar-refractivity contribution in [2.24, 2.45) is 0 Å². The topological polar surface area (TPSA) is 84.5 Å². The number of para-hydroxylation sites is 1. The molecule has 1 aliphatic heterocycles. The van der Waals surface area contributed by atoms with Crippen molar-refractivity contribution in [3.8, 4) is 0 Å². The summed E-state index contributed by atoms with van der Waals surface area (Å²) in [5.41, 5.74) is 0.364. The van der Waals surface area contributed by atoms with Gasteiger partial charge in [-0.15, -0.1) is 11.8 Å². The molecule has 0 aliphatic carbocycles. The van der Waals surface area contributed by atoms with Gasteiger partial charge in [0.1, 0.15) is 0 Å². The van der Waals surface area contributed by atoms with Crippen molar-refractivity contribution in [3.05, 3.63) is 24.3 Å². The number of esters is 1. The summed E-state index contributed by atoms with van der Waals surface area (Å²) in [5.74, 6) is -1.16. The summed E-state index contributed by atoms with van der Waals surface area (Å²) in [6, 6.07) is 7.40. The molecular formula is C16H20N2O4S. The highest BCUT2D eigenvalue weighted by atomic mass is 32.2. The fourth-order valence-corrected chi connectivity index (χ4v) is 3.13. The summed E-state index contributed by atoms with van der Waals surface area (Å²) in [6.45, 7) is 5.18. The van der Waals surface area contributed by atoms with Crippen molar-refractivity contribution in [2.45, 2.75) is 42.9 Å². The molecular weight excluding hydrogens is 316 g/mol. The second-order valence-corrected chi connectivity index (χ2v) is 7.50. The molecule has 1 aliphatic rings. The zero-order chi connectivity index (χ0) is 17.0. The first-order chi connectivity index (χ1) is 10.7. The largest absolute Gasteiger partial charge is 0.456 e. The van der Waals surface area contributed by atoms with Crippen LogP contribution in [-0.2, 0) is 19.1 Å². The summed E-state index contributed by atoms with van der Waals surface area (Å²) in [7, 11) is 0. The van der Waals surface area contributed by atoms with Gasteiger partial charge in [-0.3, -0.25) is 14.4 Å². The molecule has 1 aromatic carbocycles. The molecule has 2 N–H and O–H groups in total. The van der Waals surface area contributed by atoms with Gasteiger partial charge in [0, 0.05) is 10.4 Å². The molecule has 6 nitrogen and oxygen atoms in total. The van der Waals surface area contributed by atoms with Gasteiger partial charge in [0.15, 0.2) is 6.61 Å². The van der Waals surface area contributed by atoms with Crippen molar-refractivity contribution < 1.29 is 19.1 Å². The molecule has 2 rings (SSSR count). The van der Waals surface area contributed by atoms with Crippen LogP contribution in [0.25, 0.3) is 0 Å². The fraction of sp³-hybridized carbons (Fsp3) is 0.438. The molecule has 1 heterocycles. The monoisotopic (exact) mass is 336 g/mol. The molecule has 1 atom stereocenters. The Kier molecular flexibility index (Phi) is 5.30. The molecule has 0 spiro atoms. The number of hydrogen-bond donors (Lipinski definition) is 2. The van der Waals surface area contributed by atoms with Gasteiger partial charge in [0.25, 0.3) is 5.91 Å². The predicted octanol–water partition coefficient (Wildman–Crippen LogP) is 1.95. The third kappa shape index (κ3) is 5.28. The lowest BCUT2D eigenvalue weighted by Gasteiger charge is -2.23. The number of nitrogens with one attached hydrogen (secondary N) is 2. The number of carbonyl (C=O) groups is 3. The maximum absolute atomic E-state index is 12.0. The molecule has 0 bridgehead atoms. The van der Waals surface area contributed by atoms with E-state index in [1.54, 1.807) is 0 Å². The number of fused-ring (bicyclic) bond motifs is 1. The Balaban J connectivity index is 1.84. The van der Waals surface area contributed by atoms with Gasteiger partial charge in [-0.2, -0.15) is 0 Å². The van der Waals surface area contributed by atoms with Crippen molar-refractivity contribution >= 4 is 35.2 Å². The molecule has 7 heteroatoms. The van der Waals surface area contributed by atoms with Crippen LogP contribution in [0, 0.1) is 0 Å². The van der Waals surface area contributed by atoms with Crippen LogP contribution in [0.15, 0.2) is 29.2 Å². The smallest absolute Gasteiger partial charge is 0.307 e. The normalized spacial score (nSPS) is 17.0. The number of carbonyl (C=O) groups excluding carboxylic acids is 3. The SMILES string of the molecule is CC(C)(C)NC(=O)COC(=O)C[C@@H]1Sc2ccccc2NC1=O. The average molecular weight is 336 g/mol. The maximum Gasteiger partial charge on any atom is 0.307 e. The fourth-order valence-electron chi connectivity index (χ4n) is 2.04. The first kappa shape index (κ1) is 17.3. The molecule has 0 unspecified atom stereocenters. The minimum absolute atomic E-state index is 0.0758. The van der Waals surface area contributed by atoms with E-state index >= 15 is 0 Å². The minimum atomic E-state index is -0.568. The standard InChI is InChI=1S/C16H20N2O4S/c1-16(2,3)18-13(19)9-22-14(20)8-12-15(21)17-10-6-4-5-7-11(10)23-12/h4-7,12H,8-9H2,1-3H3,(H,17,21)(H,18,19)/t12-/m0/s1. The molecule has 0 radical (unpaired) electrons. The summed E-state index contributed by atoms with van der Waals surface area (Å²) in [4.78, 5) is 36.4. The van der Waals surface area contributed by atoms with Crippen LogP contribution in [0.2, 0.25) is 0 Å². The van der Waals surface area contributed by atoms with Gasteiger partial charge in [0.05, 0.1) is 17.4 Å². The maximum atomic E-state index is 12.0. The van der Waals surface area contributed by atoms with E-state index in [0.29, 0.717) is 0 Å². The Morgan fingerprint density at radius 1 is 1.30 bits per heavy atom. The van der Waals surface area contributed by atoms with Crippen molar-refractivity contribution in [1.29, 1.82) is 0 Å². The van der Waals surface area contributed by atoms with Crippen molar-refractivity contribution in [2.75, 3.05) is 11.9 Å². The number of ether oxygens (including phenoxy) is 1. The molecule has 1 aromatic rings. The molecule has 0 saturated carbocycles. The summed E-state index contributed by atoms with van der Waals surface area (Å²) < 4.78 is 4.94. The average Bonchev–Trinajstić information content (AvgIpc) is 2.44. The van der Waals surface area contributed by atoms with Crippen LogP contribution < -0.4 is 10.6 Å². The highest BCUT2D eigenvalue weighted by molar-refractivity contribution is 8.01. The molecule has 0 saturated heterocycles. The zero-order valence-electron chi connectivity index (χ0n) is 13.3. The van der Waals surface area contributed by atoms with Crippen LogP contribution in [-0.4, -0.2) is 35.2 Å². The Hall–Kier alpha value is -2.02. The van der Waals surface area contributed by atoms with E-state index in [0.717, 1.165) is 10.6 Å². The number of benzene rings is 1. The zero-order valence-corrected chi connectivity index (χ0v) is 14.2. The van der Waals surface area contributed by atoms with Gasteiger partial charge in [-0.25, -0.2) is 0 Å². The van der Waals surface area contributed by atoms with Crippen molar-refractivity contribution in [1.82, 2.24) is 5.32 Å². The van der Waals surface area contributed by atoms with E-state index < -0.39 is 11.2 Å². The summed E-state index contributed by atoms with van der Waals surface area (Å²) in [5, 5.41) is 4.91. The number of hydrogen-bond acceptors (Lipinski definition) is 5. The number of anilines is 1. The van der Waals surface area contributed by atoms with Crippen LogP contribution in [0.3, 0.4) is 0 Å². The van der Waals surface area contributed by atoms with Crippen LogP contribution in [0.5, 0.6) is 0 Å². The quantitative estimate of drug-likeness (QED) is 0.821. The molecule has 0 aromatic heterocycles. The highest BCUT2D eigenvalue weighted by Gasteiger charge is 2.29. The van der Waals surface area contributed by atoms with Gasteiger partial charge in [-0.05, 0) is 32.9 Å². The lowest BCUT2D eigenvalue weighted by atomic mass is 10.1. The van der Waals surface area contributed by atoms with Crippen molar-refractivity contribution in [3.63, 3.8) is 0 Å². The third-order valence-electron chi connectivity index (χ3n) is 2.94. The Bertz CT molecular complexity index is 625. The van der Waals surface area contributed by atoms with E-state index in [1.807, 2.05) is 45.0 Å². The lowest BCUT2D eigenvalue weighted by molar-refractivity contribution is -0.149. The van der Waals surface area contributed by atoms with E-state index in [2.05, 4.69) is 10.6 Å². The highest BCUT2D eigenvalue weighted by Crippen LogP contribution is 2.36. The first-order valence-electron chi connectivity index (χ1n) is 7.28. The van der Waals surface area contributed by atoms with Gasteiger partial charge < -0.3 is 15.4 Å². The molecule has 2 amide bonds. The second kappa shape index (κ2) is 7.04. The van der Waals surface area contributed by atoms with Crippen LogP contribution in [0.1, 0.15) is 27.2 Å². The van der Waals surface area contributed by atoms with Gasteiger partial charge >= 0.3 is 5.97 Å². The van der Waals surface area contributed by atoms with E-state index in [1.165, 1.54) is 11.8 Å². The molecule has 0 fully saturated rings. The minimum Gasteiger partial charge on any atom is -0.456 e. The van der Waals surface area contributed by atoms with E-state index in [-0.39, 0.29) is 30.4 Å². The summed E-state index contributed by atoms with van der Waals surface area (Å²) in [6.07, 6.45) is -0.0758. The first-order valence-corrected chi connectivity index (χ1v) is 8.16. The lowest BCUT2D eigenvalue weighted by Crippen LogP contribution is -2.43. The van der Waals surface area contributed by atoms with Gasteiger partial charge in [0.2, 0.25) is 5.91 Å². The van der Waals surface area contributed by atoms with E-state index in [4.69, 9.17) is 4.74 Å². The number of amides is 2. The Morgan fingerprint density at radius 3 is 2.70 bits per heavy atom. The number of thioether (sulfide) groups is 1. The number of rotatable bonds is 4. The predicted molar refractivity (Wildman–Crippen MR) is 88.2 cm³/mol. The molecule has 124 valence electrons. The Morgan fingerprint density at radius 2 is 2.00 bits per heavy atom. The van der Waals surface area contributed by atoms with E-state index in [9.17, 15) is 14.4 Å².